The van der Waals surface area contributed by atoms with E-state index in [-0.39, 0.29) is 5.54 Å². The molecule has 3 nitrogen and oxygen atoms in total. The van der Waals surface area contributed by atoms with Crippen LogP contribution in [0, 0.1) is 11.8 Å². The summed E-state index contributed by atoms with van der Waals surface area (Å²) < 4.78 is 0. The van der Waals surface area contributed by atoms with Gasteiger partial charge in [-0.1, -0.05) is 12.2 Å². The summed E-state index contributed by atoms with van der Waals surface area (Å²) in [5.74, 6) is 1.40. The highest BCUT2D eigenvalue weighted by Gasteiger charge is 2.33. The van der Waals surface area contributed by atoms with Crippen LogP contribution in [0.5, 0.6) is 0 Å². The summed E-state index contributed by atoms with van der Waals surface area (Å²) >= 11 is 0. The van der Waals surface area contributed by atoms with Crippen molar-refractivity contribution in [1.29, 1.82) is 0 Å². The molecular weight excluding hydrogens is 200 g/mol. The van der Waals surface area contributed by atoms with Crippen molar-refractivity contribution in [1.82, 2.24) is 5.48 Å². The molecule has 1 atom stereocenters. The number of rotatable bonds is 2. The van der Waals surface area contributed by atoms with Crippen molar-refractivity contribution < 1.29 is 5.21 Å². The maximum absolute atomic E-state index is 9.09. The molecule has 0 amide bonds. The monoisotopic (exact) mass is 222 g/mol. The van der Waals surface area contributed by atoms with Crippen molar-refractivity contribution in [3.05, 3.63) is 23.9 Å². The lowest BCUT2D eigenvalue weighted by Crippen LogP contribution is -2.44. The van der Waals surface area contributed by atoms with E-state index in [9.17, 15) is 0 Å². The minimum absolute atomic E-state index is 0.0657. The number of nitrogens with two attached hydrogens (primary N) is 1. The molecule has 0 spiro atoms. The van der Waals surface area contributed by atoms with E-state index in [0.29, 0.717) is 5.92 Å². The first-order chi connectivity index (χ1) is 7.63. The molecule has 4 N–H and O–H groups in total. The van der Waals surface area contributed by atoms with E-state index in [4.69, 9.17) is 10.9 Å². The zero-order chi connectivity index (χ0) is 11.6. The number of hydrogen-bond acceptors (Lipinski definition) is 3. The Bertz CT molecular complexity index is 301. The van der Waals surface area contributed by atoms with Gasteiger partial charge in [0.2, 0.25) is 0 Å². The zero-order valence-corrected chi connectivity index (χ0v) is 9.95. The van der Waals surface area contributed by atoms with E-state index < -0.39 is 0 Å². The Hall–Kier alpha value is -0.800. The molecule has 1 fully saturated rings. The lowest BCUT2D eigenvalue weighted by atomic mass is 9.71. The third kappa shape index (κ3) is 2.47. The van der Waals surface area contributed by atoms with Gasteiger partial charge in [0, 0.05) is 11.2 Å². The average Bonchev–Trinajstić information content (AvgIpc) is 2.32. The molecule has 0 aromatic rings. The minimum Gasteiger partial charge on any atom is -0.399 e. The average molecular weight is 222 g/mol. The van der Waals surface area contributed by atoms with Crippen LogP contribution in [-0.2, 0) is 0 Å². The molecule has 2 rings (SSSR count). The Morgan fingerprint density at radius 1 is 1.44 bits per heavy atom. The van der Waals surface area contributed by atoms with Crippen LogP contribution in [0.1, 0.15) is 39.0 Å². The molecule has 0 saturated heterocycles. The van der Waals surface area contributed by atoms with Gasteiger partial charge in [0.1, 0.15) is 0 Å². The first kappa shape index (κ1) is 11.7. The van der Waals surface area contributed by atoms with Crippen molar-refractivity contribution in [2.45, 2.75) is 44.6 Å². The summed E-state index contributed by atoms with van der Waals surface area (Å²) in [6, 6.07) is 0. The molecule has 1 unspecified atom stereocenters. The maximum atomic E-state index is 9.09. The summed E-state index contributed by atoms with van der Waals surface area (Å²) in [6.07, 6.45) is 12.0. The summed E-state index contributed by atoms with van der Waals surface area (Å²) in [5.41, 5.74) is 9.01. The fourth-order valence-corrected chi connectivity index (χ4v) is 2.82. The first-order valence-corrected chi connectivity index (χ1v) is 6.18. The third-order valence-electron chi connectivity index (χ3n) is 4.17. The van der Waals surface area contributed by atoms with Crippen molar-refractivity contribution in [3.8, 4) is 0 Å². The first-order valence-electron chi connectivity index (χ1n) is 6.18. The molecule has 1 saturated carbocycles. The van der Waals surface area contributed by atoms with Gasteiger partial charge in [-0.3, -0.25) is 0 Å². The van der Waals surface area contributed by atoms with Gasteiger partial charge in [-0.2, -0.15) is 5.48 Å². The van der Waals surface area contributed by atoms with Crippen molar-refractivity contribution >= 4 is 0 Å². The highest BCUT2D eigenvalue weighted by Crippen LogP contribution is 2.38. The predicted molar refractivity (Wildman–Crippen MR) is 64.8 cm³/mol. The molecular formula is C13H22N2O. The van der Waals surface area contributed by atoms with E-state index >= 15 is 0 Å². The molecule has 2 aliphatic carbocycles. The van der Waals surface area contributed by atoms with E-state index in [0.717, 1.165) is 30.9 Å². The molecule has 90 valence electrons. The minimum atomic E-state index is -0.0657. The van der Waals surface area contributed by atoms with Crippen LogP contribution in [-0.4, -0.2) is 10.7 Å². The van der Waals surface area contributed by atoms with Crippen LogP contribution in [0.4, 0.5) is 0 Å². The molecule has 3 heteroatoms. The van der Waals surface area contributed by atoms with Crippen LogP contribution >= 0.6 is 0 Å². The predicted octanol–water partition coefficient (Wildman–Crippen LogP) is 2.33. The Labute approximate surface area is 97.4 Å². The molecule has 16 heavy (non-hydrogen) atoms. The molecule has 0 heterocycles. The third-order valence-corrected chi connectivity index (χ3v) is 4.17. The zero-order valence-electron chi connectivity index (χ0n) is 9.95. The largest absolute Gasteiger partial charge is 0.399 e. The number of nitrogens with one attached hydrogen (secondary N) is 1. The molecule has 0 aromatic heterocycles. The summed E-state index contributed by atoms with van der Waals surface area (Å²) in [6.45, 7) is 2.10. The summed E-state index contributed by atoms with van der Waals surface area (Å²) in [4.78, 5) is 0. The van der Waals surface area contributed by atoms with Crippen LogP contribution in [0.3, 0.4) is 0 Å². The smallest absolute Gasteiger partial charge is 0.0402 e. The number of hydrogen-bond donors (Lipinski definition) is 3. The SMILES string of the molecule is CC1(NO)CCC(C2C=CC(N)=CC2)CC1. The van der Waals surface area contributed by atoms with Gasteiger partial charge >= 0.3 is 0 Å². The standard InChI is InChI=1S/C13H22N2O/c1-13(15-16)8-6-11(7-9-13)10-2-4-12(14)5-3-10/h2,4-5,10-11,15-16H,3,6-9,14H2,1H3. The molecule has 0 aliphatic heterocycles. The second-order valence-corrected chi connectivity index (χ2v) is 5.47. The van der Waals surface area contributed by atoms with Gasteiger partial charge in [-0.05, 0) is 56.9 Å². The Morgan fingerprint density at radius 2 is 2.12 bits per heavy atom. The van der Waals surface area contributed by atoms with Gasteiger partial charge < -0.3 is 10.9 Å². The Morgan fingerprint density at radius 3 is 2.62 bits per heavy atom. The lowest BCUT2D eigenvalue weighted by molar-refractivity contribution is 0.0330. The van der Waals surface area contributed by atoms with Crippen LogP contribution in [0.25, 0.3) is 0 Å². The van der Waals surface area contributed by atoms with Crippen molar-refractivity contribution in [2.75, 3.05) is 0 Å². The van der Waals surface area contributed by atoms with E-state index in [1.807, 2.05) is 6.08 Å². The molecule has 0 bridgehead atoms. The molecule has 0 radical (unpaired) electrons. The Kier molecular flexibility index (Phi) is 3.36. The van der Waals surface area contributed by atoms with E-state index in [2.05, 4.69) is 24.6 Å². The maximum Gasteiger partial charge on any atom is 0.0402 e. The molecule has 2 aliphatic rings. The van der Waals surface area contributed by atoms with Gasteiger partial charge in [0.05, 0.1) is 0 Å². The van der Waals surface area contributed by atoms with Gasteiger partial charge in [0.25, 0.3) is 0 Å². The highest BCUT2D eigenvalue weighted by molar-refractivity contribution is 5.21. The summed E-state index contributed by atoms with van der Waals surface area (Å²) in [5, 5.41) is 9.09. The van der Waals surface area contributed by atoms with E-state index in [1.165, 1.54) is 12.8 Å². The normalized spacial score (nSPS) is 39.5. The summed E-state index contributed by atoms with van der Waals surface area (Å²) in [7, 11) is 0. The highest BCUT2D eigenvalue weighted by atomic mass is 16.5. The Balaban J connectivity index is 1.88. The quantitative estimate of drug-likeness (QED) is 0.628. The van der Waals surface area contributed by atoms with Gasteiger partial charge in [-0.25, -0.2) is 0 Å². The van der Waals surface area contributed by atoms with Gasteiger partial charge in [-0.15, -0.1) is 0 Å². The number of allylic oxidation sites excluding steroid dienone is 3. The van der Waals surface area contributed by atoms with Crippen molar-refractivity contribution in [3.63, 3.8) is 0 Å². The topological polar surface area (TPSA) is 58.3 Å². The van der Waals surface area contributed by atoms with Crippen LogP contribution < -0.4 is 11.2 Å². The second kappa shape index (κ2) is 4.60. The lowest BCUT2D eigenvalue weighted by Gasteiger charge is -2.38. The molecule has 0 aromatic carbocycles. The van der Waals surface area contributed by atoms with E-state index in [1.54, 1.807) is 0 Å². The second-order valence-electron chi connectivity index (χ2n) is 5.47. The van der Waals surface area contributed by atoms with Crippen LogP contribution in [0.2, 0.25) is 0 Å². The van der Waals surface area contributed by atoms with Crippen molar-refractivity contribution in [2.24, 2.45) is 17.6 Å². The van der Waals surface area contributed by atoms with Gasteiger partial charge in [0.15, 0.2) is 0 Å². The number of hydroxylamine groups is 1. The fourth-order valence-electron chi connectivity index (χ4n) is 2.82. The fraction of sp³-hybridized carbons (Fsp3) is 0.692. The van der Waals surface area contributed by atoms with Crippen LogP contribution in [0.15, 0.2) is 23.9 Å².